The summed E-state index contributed by atoms with van der Waals surface area (Å²) in [6, 6.07) is 15.7. The SMILES string of the molecule is CCCN(CC(=O)N1CCc2sccc2C1c1ccc(C(C)(C)C)cc1)C(=O)c1ccc(OC)cc1OC. The Morgan fingerprint density at radius 1 is 1.05 bits per heavy atom. The standard InChI is InChI=1S/C31H38N2O4S/c1-7-16-32(30(35)24-13-12-23(36-5)19-26(24)37-6)20-28(34)33-17-14-27-25(15-18-38-27)29(33)21-8-10-22(11-9-21)31(2,3)4/h8-13,15,18-19,29H,7,14,16-17,20H2,1-6H3. The molecule has 0 N–H and O–H groups in total. The number of carbonyl (C=O) groups excluding carboxylic acids is 2. The van der Waals surface area contributed by atoms with Crippen LogP contribution in [0.25, 0.3) is 0 Å². The Bertz CT molecular complexity index is 1280. The zero-order chi connectivity index (χ0) is 27.4. The van der Waals surface area contributed by atoms with E-state index < -0.39 is 0 Å². The summed E-state index contributed by atoms with van der Waals surface area (Å²) in [7, 11) is 3.10. The second-order valence-corrected chi connectivity index (χ2v) is 11.7. The number of methoxy groups -OCH3 is 2. The molecule has 2 aromatic carbocycles. The van der Waals surface area contributed by atoms with Crippen LogP contribution in [0.5, 0.6) is 11.5 Å². The van der Waals surface area contributed by atoms with E-state index in [-0.39, 0.29) is 29.8 Å². The summed E-state index contributed by atoms with van der Waals surface area (Å²) in [6.07, 6.45) is 1.56. The summed E-state index contributed by atoms with van der Waals surface area (Å²) < 4.78 is 10.8. The van der Waals surface area contributed by atoms with Gasteiger partial charge in [-0.25, -0.2) is 0 Å². The molecule has 0 aliphatic carbocycles. The van der Waals surface area contributed by atoms with Crippen molar-refractivity contribution in [2.45, 2.75) is 52.0 Å². The van der Waals surface area contributed by atoms with Crippen molar-refractivity contribution in [1.82, 2.24) is 9.80 Å². The predicted octanol–water partition coefficient (Wildman–Crippen LogP) is 6.09. The van der Waals surface area contributed by atoms with Gasteiger partial charge in [0.2, 0.25) is 5.91 Å². The first kappa shape index (κ1) is 27.7. The lowest BCUT2D eigenvalue weighted by atomic mass is 9.85. The third kappa shape index (κ3) is 5.73. The zero-order valence-electron chi connectivity index (χ0n) is 23.2. The Morgan fingerprint density at radius 3 is 2.42 bits per heavy atom. The number of hydrogen-bond acceptors (Lipinski definition) is 5. The van der Waals surface area contributed by atoms with Crippen LogP contribution in [0.15, 0.2) is 53.9 Å². The minimum absolute atomic E-state index is 0.0118. The number of fused-ring (bicyclic) bond motifs is 1. The summed E-state index contributed by atoms with van der Waals surface area (Å²) in [5.41, 5.74) is 4.01. The fourth-order valence-electron chi connectivity index (χ4n) is 5.03. The molecule has 2 amide bonds. The smallest absolute Gasteiger partial charge is 0.258 e. The van der Waals surface area contributed by atoms with Gasteiger partial charge in [0.1, 0.15) is 18.0 Å². The van der Waals surface area contributed by atoms with Crippen LogP contribution in [0.3, 0.4) is 0 Å². The second-order valence-electron chi connectivity index (χ2n) is 10.7. The molecule has 6 nitrogen and oxygen atoms in total. The molecule has 202 valence electrons. The summed E-state index contributed by atoms with van der Waals surface area (Å²) in [6.45, 7) is 9.72. The highest BCUT2D eigenvalue weighted by Gasteiger charge is 2.34. The van der Waals surface area contributed by atoms with Crippen LogP contribution in [0.4, 0.5) is 0 Å². The monoisotopic (exact) mass is 534 g/mol. The topological polar surface area (TPSA) is 59.1 Å². The van der Waals surface area contributed by atoms with Crippen molar-refractivity contribution in [3.05, 3.63) is 81.0 Å². The first-order chi connectivity index (χ1) is 18.2. The normalized spacial score (nSPS) is 15.1. The van der Waals surface area contributed by atoms with Gasteiger partial charge in [-0.1, -0.05) is 52.0 Å². The van der Waals surface area contributed by atoms with Gasteiger partial charge in [0, 0.05) is 24.0 Å². The van der Waals surface area contributed by atoms with E-state index in [9.17, 15) is 9.59 Å². The second kappa shape index (κ2) is 11.6. The molecular formula is C31H38N2O4S. The molecule has 1 atom stereocenters. The van der Waals surface area contributed by atoms with E-state index in [2.05, 4.69) is 56.5 Å². The van der Waals surface area contributed by atoms with Crippen LogP contribution in [-0.4, -0.2) is 55.5 Å². The van der Waals surface area contributed by atoms with Crippen LogP contribution in [-0.2, 0) is 16.6 Å². The molecule has 1 aliphatic rings. The molecular weight excluding hydrogens is 496 g/mol. The van der Waals surface area contributed by atoms with E-state index in [0.717, 1.165) is 18.4 Å². The van der Waals surface area contributed by atoms with E-state index in [0.29, 0.717) is 30.2 Å². The molecule has 0 spiro atoms. The molecule has 38 heavy (non-hydrogen) atoms. The number of carbonyl (C=O) groups is 2. The minimum Gasteiger partial charge on any atom is -0.497 e. The summed E-state index contributed by atoms with van der Waals surface area (Å²) in [5.74, 6) is 0.761. The largest absolute Gasteiger partial charge is 0.497 e. The fraction of sp³-hybridized carbons (Fsp3) is 0.419. The summed E-state index contributed by atoms with van der Waals surface area (Å²) in [4.78, 5) is 32.4. The lowest BCUT2D eigenvalue weighted by Crippen LogP contribution is -2.47. The van der Waals surface area contributed by atoms with Crippen molar-refractivity contribution in [3.63, 3.8) is 0 Å². The maximum atomic E-state index is 13.9. The number of ether oxygens (including phenoxy) is 2. The van der Waals surface area contributed by atoms with Gasteiger partial charge in [0.05, 0.1) is 25.8 Å². The van der Waals surface area contributed by atoms with E-state index >= 15 is 0 Å². The van der Waals surface area contributed by atoms with Crippen LogP contribution < -0.4 is 9.47 Å². The lowest BCUT2D eigenvalue weighted by Gasteiger charge is -2.38. The molecule has 0 saturated heterocycles. The van der Waals surface area contributed by atoms with Gasteiger partial charge in [-0.05, 0) is 58.5 Å². The zero-order valence-corrected chi connectivity index (χ0v) is 24.1. The predicted molar refractivity (Wildman–Crippen MR) is 152 cm³/mol. The van der Waals surface area contributed by atoms with E-state index in [4.69, 9.17) is 9.47 Å². The highest BCUT2D eigenvalue weighted by Crippen LogP contribution is 2.38. The Kier molecular flexibility index (Phi) is 8.46. The third-order valence-electron chi connectivity index (χ3n) is 7.12. The molecule has 1 aromatic heterocycles. The molecule has 1 unspecified atom stereocenters. The van der Waals surface area contributed by atoms with Gasteiger partial charge in [-0.2, -0.15) is 0 Å². The minimum atomic E-state index is -0.223. The quantitative estimate of drug-likeness (QED) is 0.351. The molecule has 7 heteroatoms. The van der Waals surface area contributed by atoms with Gasteiger partial charge in [0.25, 0.3) is 5.91 Å². The lowest BCUT2D eigenvalue weighted by molar-refractivity contribution is -0.134. The Hall–Kier alpha value is -3.32. The number of hydrogen-bond donors (Lipinski definition) is 0. The summed E-state index contributed by atoms with van der Waals surface area (Å²) in [5, 5.41) is 2.11. The average Bonchev–Trinajstić information content (AvgIpc) is 3.40. The first-order valence-electron chi connectivity index (χ1n) is 13.1. The van der Waals surface area contributed by atoms with Crippen LogP contribution >= 0.6 is 11.3 Å². The highest BCUT2D eigenvalue weighted by atomic mass is 32.1. The summed E-state index contributed by atoms with van der Waals surface area (Å²) >= 11 is 1.75. The van der Waals surface area contributed by atoms with Gasteiger partial charge >= 0.3 is 0 Å². The Labute approximate surface area is 230 Å². The highest BCUT2D eigenvalue weighted by molar-refractivity contribution is 7.10. The van der Waals surface area contributed by atoms with Crippen molar-refractivity contribution in [2.75, 3.05) is 33.9 Å². The number of rotatable bonds is 8. The van der Waals surface area contributed by atoms with Crippen molar-refractivity contribution < 1.29 is 19.1 Å². The van der Waals surface area contributed by atoms with Crippen molar-refractivity contribution in [3.8, 4) is 11.5 Å². The molecule has 0 saturated carbocycles. The van der Waals surface area contributed by atoms with Gasteiger partial charge in [-0.3, -0.25) is 9.59 Å². The fourth-order valence-corrected chi connectivity index (χ4v) is 5.94. The maximum Gasteiger partial charge on any atom is 0.258 e. The van der Waals surface area contributed by atoms with Crippen LogP contribution in [0, 0.1) is 0 Å². The number of benzene rings is 2. The maximum absolute atomic E-state index is 13.9. The number of nitrogens with zero attached hydrogens (tertiary/aromatic N) is 2. The van der Waals surface area contributed by atoms with E-state index in [1.165, 1.54) is 23.1 Å². The van der Waals surface area contributed by atoms with E-state index in [1.54, 1.807) is 41.5 Å². The van der Waals surface area contributed by atoms with Crippen molar-refractivity contribution in [2.24, 2.45) is 0 Å². The van der Waals surface area contributed by atoms with E-state index in [1.807, 2.05) is 11.8 Å². The molecule has 1 aliphatic heterocycles. The van der Waals surface area contributed by atoms with Crippen LogP contribution in [0.1, 0.15) is 72.1 Å². The van der Waals surface area contributed by atoms with Crippen molar-refractivity contribution >= 4 is 23.2 Å². The van der Waals surface area contributed by atoms with Crippen LogP contribution in [0.2, 0.25) is 0 Å². The first-order valence-corrected chi connectivity index (χ1v) is 14.0. The molecule has 4 rings (SSSR count). The Morgan fingerprint density at radius 2 is 1.79 bits per heavy atom. The molecule has 0 radical (unpaired) electrons. The van der Waals surface area contributed by atoms with Gasteiger partial charge < -0.3 is 19.3 Å². The van der Waals surface area contributed by atoms with Gasteiger partial charge in [-0.15, -0.1) is 11.3 Å². The molecule has 3 aromatic rings. The Balaban J connectivity index is 1.63. The van der Waals surface area contributed by atoms with Crippen molar-refractivity contribution in [1.29, 1.82) is 0 Å². The molecule has 2 heterocycles. The molecule has 0 bridgehead atoms. The van der Waals surface area contributed by atoms with Gasteiger partial charge in [0.15, 0.2) is 0 Å². The number of amides is 2. The average molecular weight is 535 g/mol. The third-order valence-corrected chi connectivity index (χ3v) is 8.12. The molecule has 0 fully saturated rings. The number of thiophene rings is 1.